The summed E-state index contributed by atoms with van der Waals surface area (Å²) in [5, 5.41) is 0. The summed E-state index contributed by atoms with van der Waals surface area (Å²) in [6.07, 6.45) is 1.51. The highest BCUT2D eigenvalue weighted by molar-refractivity contribution is 5.49. The van der Waals surface area contributed by atoms with Crippen LogP contribution in [0.4, 0.5) is 5.69 Å². The molecular weight excluding hydrogens is 204 g/mol. The highest BCUT2D eigenvalue weighted by Gasteiger charge is 2.03. The molecule has 0 amide bonds. The molecular formula is C12H12N2O2. The van der Waals surface area contributed by atoms with E-state index >= 15 is 0 Å². The Labute approximate surface area is 92.7 Å². The second kappa shape index (κ2) is 4.53. The Balaban J connectivity index is 2.11. The quantitative estimate of drug-likeness (QED) is 0.817. The van der Waals surface area contributed by atoms with Crippen LogP contribution in [0.25, 0.3) is 0 Å². The van der Waals surface area contributed by atoms with Gasteiger partial charge in [-0.05, 0) is 11.6 Å². The highest BCUT2D eigenvalue weighted by Crippen LogP contribution is 2.16. The average molecular weight is 216 g/mol. The molecule has 0 aliphatic carbocycles. The van der Waals surface area contributed by atoms with Crippen molar-refractivity contribution < 1.29 is 4.74 Å². The lowest BCUT2D eigenvalue weighted by Crippen LogP contribution is -2.12. The second-order valence-corrected chi connectivity index (χ2v) is 3.36. The summed E-state index contributed by atoms with van der Waals surface area (Å²) < 4.78 is 5.46. The molecule has 16 heavy (non-hydrogen) atoms. The number of nitrogens with one attached hydrogen (secondary N) is 1. The number of H-pyrrole nitrogens is 1. The van der Waals surface area contributed by atoms with Gasteiger partial charge in [0.2, 0.25) is 0 Å². The normalized spacial score (nSPS) is 10.0. The Bertz CT molecular complexity index is 520. The molecule has 0 unspecified atom stereocenters. The predicted molar refractivity (Wildman–Crippen MR) is 62.2 cm³/mol. The van der Waals surface area contributed by atoms with E-state index in [4.69, 9.17) is 10.5 Å². The monoisotopic (exact) mass is 216 g/mol. The SMILES string of the molecule is Nc1c(OCc2ccccc2)cc[nH]c1=O. The molecule has 0 radical (unpaired) electrons. The standard InChI is InChI=1S/C12H12N2O2/c13-11-10(6-7-14-12(11)15)16-8-9-4-2-1-3-5-9/h1-7H,8,13H2,(H,14,15). The molecule has 4 heteroatoms. The summed E-state index contributed by atoms with van der Waals surface area (Å²) in [5.74, 6) is 0.410. The van der Waals surface area contributed by atoms with E-state index in [1.54, 1.807) is 6.07 Å². The van der Waals surface area contributed by atoms with Gasteiger partial charge < -0.3 is 15.5 Å². The first kappa shape index (κ1) is 10.3. The summed E-state index contributed by atoms with van der Waals surface area (Å²) in [6, 6.07) is 11.3. The molecule has 0 aliphatic rings. The molecule has 3 N–H and O–H groups in total. The molecule has 1 aromatic heterocycles. The van der Waals surface area contributed by atoms with Crippen molar-refractivity contribution in [3.63, 3.8) is 0 Å². The van der Waals surface area contributed by atoms with Crippen LogP contribution in [-0.2, 0) is 6.61 Å². The van der Waals surface area contributed by atoms with Crippen LogP contribution < -0.4 is 16.0 Å². The number of hydrogen-bond donors (Lipinski definition) is 2. The van der Waals surface area contributed by atoms with Gasteiger partial charge in [-0.25, -0.2) is 0 Å². The van der Waals surface area contributed by atoms with E-state index in [-0.39, 0.29) is 11.2 Å². The van der Waals surface area contributed by atoms with E-state index in [2.05, 4.69) is 4.98 Å². The number of nitrogens with two attached hydrogens (primary N) is 1. The third-order valence-corrected chi connectivity index (χ3v) is 2.20. The molecule has 4 nitrogen and oxygen atoms in total. The van der Waals surface area contributed by atoms with Crippen LogP contribution in [0.3, 0.4) is 0 Å². The second-order valence-electron chi connectivity index (χ2n) is 3.36. The van der Waals surface area contributed by atoms with E-state index in [9.17, 15) is 4.79 Å². The van der Waals surface area contributed by atoms with Gasteiger partial charge in [0.25, 0.3) is 5.56 Å². The van der Waals surface area contributed by atoms with E-state index in [0.29, 0.717) is 12.4 Å². The average Bonchev–Trinajstić information content (AvgIpc) is 2.32. The highest BCUT2D eigenvalue weighted by atomic mass is 16.5. The lowest BCUT2D eigenvalue weighted by molar-refractivity contribution is 0.307. The van der Waals surface area contributed by atoms with Crippen LogP contribution in [0, 0.1) is 0 Å². The molecule has 1 aromatic carbocycles. The maximum Gasteiger partial charge on any atom is 0.274 e. The first-order chi connectivity index (χ1) is 7.77. The van der Waals surface area contributed by atoms with E-state index in [1.807, 2.05) is 30.3 Å². The van der Waals surface area contributed by atoms with Crippen LogP contribution in [0.5, 0.6) is 5.75 Å². The zero-order valence-electron chi connectivity index (χ0n) is 8.64. The van der Waals surface area contributed by atoms with Gasteiger partial charge in [0.1, 0.15) is 18.0 Å². The van der Waals surface area contributed by atoms with Gasteiger partial charge in [0.15, 0.2) is 0 Å². The summed E-state index contributed by atoms with van der Waals surface area (Å²) in [7, 11) is 0. The van der Waals surface area contributed by atoms with Crippen LogP contribution in [0.1, 0.15) is 5.56 Å². The van der Waals surface area contributed by atoms with Gasteiger partial charge in [0, 0.05) is 6.20 Å². The number of ether oxygens (including phenoxy) is 1. The fraction of sp³-hybridized carbons (Fsp3) is 0.0833. The minimum absolute atomic E-state index is 0.110. The first-order valence-corrected chi connectivity index (χ1v) is 4.91. The third-order valence-electron chi connectivity index (χ3n) is 2.20. The van der Waals surface area contributed by atoms with Crippen molar-refractivity contribution in [2.45, 2.75) is 6.61 Å². The van der Waals surface area contributed by atoms with Crippen molar-refractivity contribution >= 4 is 5.69 Å². The molecule has 0 atom stereocenters. The van der Waals surface area contributed by atoms with E-state index < -0.39 is 0 Å². The summed E-state index contributed by atoms with van der Waals surface area (Å²) in [4.78, 5) is 13.7. The zero-order valence-corrected chi connectivity index (χ0v) is 8.64. The number of rotatable bonds is 3. The van der Waals surface area contributed by atoms with Gasteiger partial charge in [0.05, 0.1) is 0 Å². The molecule has 0 aliphatic heterocycles. The topological polar surface area (TPSA) is 68.1 Å². The number of hydrogen-bond acceptors (Lipinski definition) is 3. The molecule has 2 aromatic rings. The van der Waals surface area contributed by atoms with Gasteiger partial charge in [-0.1, -0.05) is 30.3 Å². The van der Waals surface area contributed by atoms with Crippen molar-refractivity contribution in [2.24, 2.45) is 0 Å². The summed E-state index contributed by atoms with van der Waals surface area (Å²) >= 11 is 0. The zero-order chi connectivity index (χ0) is 11.4. The number of benzene rings is 1. The van der Waals surface area contributed by atoms with Crippen molar-refractivity contribution in [3.8, 4) is 5.75 Å². The summed E-state index contributed by atoms with van der Waals surface area (Å²) in [6.45, 7) is 0.397. The van der Waals surface area contributed by atoms with Crippen molar-refractivity contribution in [3.05, 3.63) is 58.5 Å². The number of aromatic nitrogens is 1. The van der Waals surface area contributed by atoms with Crippen molar-refractivity contribution in [1.29, 1.82) is 0 Å². The molecule has 2 rings (SSSR count). The Morgan fingerprint density at radius 3 is 2.69 bits per heavy atom. The maximum atomic E-state index is 11.2. The van der Waals surface area contributed by atoms with Crippen molar-refractivity contribution in [2.75, 3.05) is 5.73 Å². The minimum Gasteiger partial charge on any atom is -0.486 e. The van der Waals surface area contributed by atoms with Gasteiger partial charge in [-0.15, -0.1) is 0 Å². The number of anilines is 1. The Hall–Kier alpha value is -2.23. The van der Waals surface area contributed by atoms with Crippen molar-refractivity contribution in [1.82, 2.24) is 4.98 Å². The van der Waals surface area contributed by atoms with E-state index in [1.165, 1.54) is 6.20 Å². The molecule has 82 valence electrons. The lowest BCUT2D eigenvalue weighted by Gasteiger charge is -2.07. The first-order valence-electron chi connectivity index (χ1n) is 4.91. The number of aromatic amines is 1. The number of pyridine rings is 1. The lowest BCUT2D eigenvalue weighted by atomic mass is 10.2. The smallest absolute Gasteiger partial charge is 0.274 e. The Kier molecular flexibility index (Phi) is 2.91. The molecule has 1 heterocycles. The Morgan fingerprint density at radius 2 is 1.94 bits per heavy atom. The molecule has 0 fully saturated rings. The predicted octanol–water partition coefficient (Wildman–Crippen LogP) is 1.54. The van der Waals surface area contributed by atoms with Crippen LogP contribution in [-0.4, -0.2) is 4.98 Å². The summed E-state index contributed by atoms with van der Waals surface area (Å²) in [5.41, 5.74) is 6.39. The fourth-order valence-electron chi connectivity index (χ4n) is 1.33. The molecule has 0 bridgehead atoms. The van der Waals surface area contributed by atoms with Crippen LogP contribution >= 0.6 is 0 Å². The third kappa shape index (κ3) is 2.23. The minimum atomic E-state index is -0.328. The van der Waals surface area contributed by atoms with Gasteiger partial charge in [-0.3, -0.25) is 4.79 Å². The van der Waals surface area contributed by atoms with Crippen LogP contribution in [0.2, 0.25) is 0 Å². The fourth-order valence-corrected chi connectivity index (χ4v) is 1.33. The molecule has 0 saturated heterocycles. The molecule has 0 spiro atoms. The van der Waals surface area contributed by atoms with E-state index in [0.717, 1.165) is 5.56 Å². The maximum absolute atomic E-state index is 11.2. The van der Waals surface area contributed by atoms with Gasteiger partial charge in [-0.2, -0.15) is 0 Å². The van der Waals surface area contributed by atoms with Crippen LogP contribution in [0.15, 0.2) is 47.4 Å². The Morgan fingerprint density at radius 1 is 1.19 bits per heavy atom. The van der Waals surface area contributed by atoms with Gasteiger partial charge >= 0.3 is 0 Å². The largest absolute Gasteiger partial charge is 0.486 e. The number of nitrogen functional groups attached to an aromatic ring is 1. The molecule has 0 saturated carbocycles.